The Morgan fingerprint density at radius 1 is 1.53 bits per heavy atom. The lowest BCUT2D eigenvalue weighted by atomic mass is 10.0. The Balaban J connectivity index is 0.000000921. The average Bonchev–Trinajstić information content (AvgIpc) is 2.30. The van der Waals surface area contributed by atoms with Crippen LogP contribution in [0.5, 0.6) is 0 Å². The molecular formula is C11H24N2O2. The van der Waals surface area contributed by atoms with Crippen molar-refractivity contribution in [3.05, 3.63) is 0 Å². The van der Waals surface area contributed by atoms with E-state index in [0.717, 1.165) is 13.0 Å². The minimum absolute atomic E-state index is 0.133. The third-order valence-corrected chi connectivity index (χ3v) is 2.61. The van der Waals surface area contributed by atoms with Crippen molar-refractivity contribution in [1.29, 1.82) is 0 Å². The second-order valence-corrected chi connectivity index (χ2v) is 3.44. The first kappa shape index (κ1) is 14.4. The van der Waals surface area contributed by atoms with Gasteiger partial charge in [0, 0.05) is 25.6 Å². The molecule has 0 bridgehead atoms. The summed E-state index contributed by atoms with van der Waals surface area (Å²) in [6.07, 6.45) is 0.939. The van der Waals surface area contributed by atoms with Crippen molar-refractivity contribution in [3.8, 4) is 0 Å². The minimum atomic E-state index is -0.422. The first-order valence-electron chi connectivity index (χ1n) is 5.82. The highest BCUT2D eigenvalue weighted by Gasteiger charge is 2.27. The Kier molecular flexibility index (Phi) is 7.34. The fourth-order valence-corrected chi connectivity index (χ4v) is 1.72. The molecule has 0 radical (unpaired) electrons. The number of piperidine rings is 1. The van der Waals surface area contributed by atoms with Crippen molar-refractivity contribution >= 4 is 5.91 Å². The molecule has 2 atom stereocenters. The zero-order chi connectivity index (χ0) is 11.8. The summed E-state index contributed by atoms with van der Waals surface area (Å²) in [7, 11) is 1.84. The second-order valence-electron chi connectivity index (χ2n) is 3.44. The van der Waals surface area contributed by atoms with Gasteiger partial charge in [-0.15, -0.1) is 0 Å². The van der Waals surface area contributed by atoms with Gasteiger partial charge in [-0.3, -0.25) is 4.79 Å². The highest BCUT2D eigenvalue weighted by molar-refractivity contribution is 5.75. The summed E-state index contributed by atoms with van der Waals surface area (Å²) in [5.74, 6) is 0.133. The number of amides is 1. The summed E-state index contributed by atoms with van der Waals surface area (Å²) in [5.41, 5.74) is 0. The summed E-state index contributed by atoms with van der Waals surface area (Å²) in [6.45, 7) is 7.08. The summed E-state index contributed by atoms with van der Waals surface area (Å²) >= 11 is 0. The number of aliphatic hydroxyl groups excluding tert-OH is 1. The lowest BCUT2D eigenvalue weighted by Gasteiger charge is -2.35. The van der Waals surface area contributed by atoms with Gasteiger partial charge in [-0.2, -0.15) is 0 Å². The zero-order valence-electron chi connectivity index (χ0n) is 10.3. The molecule has 1 heterocycles. The Morgan fingerprint density at radius 3 is 2.53 bits per heavy atom. The maximum Gasteiger partial charge on any atom is 0.222 e. The van der Waals surface area contributed by atoms with Crippen LogP contribution < -0.4 is 5.32 Å². The van der Waals surface area contributed by atoms with E-state index in [2.05, 4.69) is 5.32 Å². The molecule has 1 saturated heterocycles. The molecule has 0 aliphatic carbocycles. The molecule has 4 heteroatoms. The quantitative estimate of drug-likeness (QED) is 0.711. The first-order chi connectivity index (χ1) is 7.19. The van der Waals surface area contributed by atoms with E-state index >= 15 is 0 Å². The molecule has 0 saturated carbocycles. The SMILES string of the molecule is CC.CCC(=O)N1CCC(NC)C(O)C1. The molecule has 0 aromatic carbocycles. The molecular weight excluding hydrogens is 192 g/mol. The zero-order valence-corrected chi connectivity index (χ0v) is 10.3. The van der Waals surface area contributed by atoms with Crippen molar-refractivity contribution in [2.24, 2.45) is 0 Å². The van der Waals surface area contributed by atoms with Crippen LogP contribution in [0.3, 0.4) is 0 Å². The van der Waals surface area contributed by atoms with Crippen LogP contribution in [0, 0.1) is 0 Å². The number of nitrogens with zero attached hydrogens (tertiary/aromatic N) is 1. The number of likely N-dealkylation sites (N-methyl/N-ethyl adjacent to an activating group) is 1. The van der Waals surface area contributed by atoms with Crippen molar-refractivity contribution in [2.75, 3.05) is 20.1 Å². The molecule has 1 amide bonds. The number of carbonyl (C=O) groups excluding carboxylic acids is 1. The molecule has 1 aliphatic heterocycles. The van der Waals surface area contributed by atoms with Gasteiger partial charge in [0.1, 0.15) is 0 Å². The molecule has 1 fully saturated rings. The lowest BCUT2D eigenvalue weighted by molar-refractivity contribution is -0.134. The molecule has 0 spiro atoms. The van der Waals surface area contributed by atoms with Gasteiger partial charge in [0.05, 0.1) is 6.10 Å². The van der Waals surface area contributed by atoms with Crippen molar-refractivity contribution < 1.29 is 9.90 Å². The fraction of sp³-hybridized carbons (Fsp3) is 0.909. The maximum atomic E-state index is 11.3. The van der Waals surface area contributed by atoms with Gasteiger partial charge in [-0.05, 0) is 13.5 Å². The van der Waals surface area contributed by atoms with E-state index in [1.165, 1.54) is 0 Å². The number of likely N-dealkylation sites (tertiary alicyclic amines) is 1. The van der Waals surface area contributed by atoms with E-state index < -0.39 is 6.10 Å². The Morgan fingerprint density at radius 2 is 2.13 bits per heavy atom. The molecule has 0 aromatic rings. The third-order valence-electron chi connectivity index (χ3n) is 2.61. The van der Waals surface area contributed by atoms with Gasteiger partial charge < -0.3 is 15.3 Å². The van der Waals surface area contributed by atoms with Crippen LogP contribution in [-0.4, -0.2) is 48.2 Å². The predicted octanol–water partition coefficient (Wildman–Crippen LogP) is 0.604. The number of nitrogens with one attached hydrogen (secondary N) is 1. The number of β-amino-alcohol motifs (C(OH)–C–C–N with tert-alkyl or cyclic N) is 1. The highest BCUT2D eigenvalue weighted by atomic mass is 16.3. The van der Waals surface area contributed by atoms with Gasteiger partial charge in [-0.25, -0.2) is 0 Å². The minimum Gasteiger partial charge on any atom is -0.390 e. The van der Waals surface area contributed by atoms with E-state index in [-0.39, 0.29) is 11.9 Å². The van der Waals surface area contributed by atoms with Crippen molar-refractivity contribution in [1.82, 2.24) is 10.2 Å². The molecule has 1 rings (SSSR count). The maximum absolute atomic E-state index is 11.3. The van der Waals surface area contributed by atoms with E-state index in [9.17, 15) is 9.90 Å². The number of carbonyl (C=O) groups is 1. The van der Waals surface area contributed by atoms with Gasteiger partial charge in [0.2, 0.25) is 5.91 Å². The van der Waals surface area contributed by atoms with Gasteiger partial charge in [-0.1, -0.05) is 20.8 Å². The molecule has 90 valence electrons. The van der Waals surface area contributed by atoms with Crippen molar-refractivity contribution in [3.63, 3.8) is 0 Å². The highest BCUT2D eigenvalue weighted by Crippen LogP contribution is 2.11. The van der Waals surface area contributed by atoms with Crippen LogP contribution in [0.2, 0.25) is 0 Å². The van der Waals surface area contributed by atoms with Gasteiger partial charge in [0.25, 0.3) is 0 Å². The van der Waals surface area contributed by atoms with Gasteiger partial charge in [0.15, 0.2) is 0 Å². The smallest absolute Gasteiger partial charge is 0.222 e. The molecule has 15 heavy (non-hydrogen) atoms. The molecule has 2 unspecified atom stereocenters. The monoisotopic (exact) mass is 216 g/mol. The van der Waals surface area contributed by atoms with Gasteiger partial charge >= 0.3 is 0 Å². The molecule has 4 nitrogen and oxygen atoms in total. The Hall–Kier alpha value is -0.610. The Bertz CT molecular complexity index is 185. The number of rotatable bonds is 2. The van der Waals surface area contributed by atoms with Crippen LogP contribution in [0.1, 0.15) is 33.6 Å². The summed E-state index contributed by atoms with van der Waals surface area (Å²) < 4.78 is 0. The van der Waals surface area contributed by atoms with E-state index in [0.29, 0.717) is 13.0 Å². The van der Waals surface area contributed by atoms with E-state index in [4.69, 9.17) is 0 Å². The van der Waals surface area contributed by atoms with Crippen LogP contribution in [0.15, 0.2) is 0 Å². The van der Waals surface area contributed by atoms with Crippen LogP contribution in [0.4, 0.5) is 0 Å². The topological polar surface area (TPSA) is 52.6 Å². The Labute approximate surface area is 92.7 Å². The number of hydrogen-bond donors (Lipinski definition) is 2. The number of hydrogen-bond acceptors (Lipinski definition) is 3. The van der Waals surface area contributed by atoms with Crippen LogP contribution >= 0.6 is 0 Å². The lowest BCUT2D eigenvalue weighted by Crippen LogP contribution is -2.53. The third kappa shape index (κ3) is 4.18. The normalized spacial score (nSPS) is 25.5. The van der Waals surface area contributed by atoms with Crippen LogP contribution in [-0.2, 0) is 4.79 Å². The first-order valence-corrected chi connectivity index (χ1v) is 5.82. The van der Waals surface area contributed by atoms with Crippen LogP contribution in [0.25, 0.3) is 0 Å². The molecule has 1 aliphatic rings. The summed E-state index contributed by atoms with van der Waals surface area (Å²) in [6, 6.07) is 0.140. The largest absolute Gasteiger partial charge is 0.390 e. The molecule has 0 aromatic heterocycles. The number of aliphatic hydroxyl groups is 1. The fourth-order valence-electron chi connectivity index (χ4n) is 1.72. The van der Waals surface area contributed by atoms with E-state index in [1.807, 2.05) is 27.8 Å². The summed E-state index contributed by atoms with van der Waals surface area (Å²) in [4.78, 5) is 13.0. The molecule has 2 N–H and O–H groups in total. The standard InChI is InChI=1S/C9H18N2O2.C2H6/c1-3-9(13)11-5-4-7(10-2)8(12)6-11;1-2/h7-8,10,12H,3-6H2,1-2H3;1-2H3. The predicted molar refractivity (Wildman–Crippen MR) is 61.7 cm³/mol. The second kappa shape index (κ2) is 7.65. The van der Waals surface area contributed by atoms with Crippen molar-refractivity contribution in [2.45, 2.75) is 45.8 Å². The summed E-state index contributed by atoms with van der Waals surface area (Å²) in [5, 5.41) is 12.7. The average molecular weight is 216 g/mol. The van der Waals surface area contributed by atoms with E-state index in [1.54, 1.807) is 4.90 Å².